The number of amides is 1. The van der Waals surface area contributed by atoms with E-state index in [1.165, 1.54) is 0 Å². The molecular formula is C21H25N7O3. The molecule has 10 nitrogen and oxygen atoms in total. The molecule has 2 aliphatic rings. The summed E-state index contributed by atoms with van der Waals surface area (Å²) in [5.74, 6) is 0.518. The summed E-state index contributed by atoms with van der Waals surface area (Å²) in [6, 6.07) is 8.01. The molecule has 3 aromatic rings. The Morgan fingerprint density at radius 1 is 1.23 bits per heavy atom. The van der Waals surface area contributed by atoms with Gasteiger partial charge in [0.05, 0.1) is 18.8 Å². The molecule has 1 fully saturated rings. The number of ether oxygens (including phenoxy) is 2. The number of nitrogens with two attached hydrogens (primary N) is 3. The van der Waals surface area contributed by atoms with Crippen LogP contribution in [0.3, 0.4) is 0 Å². The molecule has 1 spiro atoms. The maximum absolute atomic E-state index is 11.5. The Labute approximate surface area is 178 Å². The summed E-state index contributed by atoms with van der Waals surface area (Å²) in [7, 11) is 0. The van der Waals surface area contributed by atoms with Crippen LogP contribution in [0.2, 0.25) is 0 Å². The van der Waals surface area contributed by atoms with Gasteiger partial charge in [0, 0.05) is 43.2 Å². The van der Waals surface area contributed by atoms with Crippen LogP contribution in [0.25, 0.3) is 10.9 Å². The van der Waals surface area contributed by atoms with Gasteiger partial charge in [-0.1, -0.05) is 18.2 Å². The lowest BCUT2D eigenvalue weighted by Crippen LogP contribution is -2.48. The monoisotopic (exact) mass is 423 g/mol. The molecule has 2 aliphatic heterocycles. The van der Waals surface area contributed by atoms with E-state index < -0.39 is 5.60 Å². The first kappa shape index (κ1) is 19.6. The van der Waals surface area contributed by atoms with Gasteiger partial charge in [-0.3, -0.25) is 9.69 Å². The summed E-state index contributed by atoms with van der Waals surface area (Å²) < 4.78 is 14.0. The maximum Gasteiger partial charge on any atom is 0.237 e. The van der Waals surface area contributed by atoms with Crippen molar-refractivity contribution in [3.8, 4) is 5.88 Å². The third kappa shape index (κ3) is 3.64. The number of primary amides is 1. The molecule has 1 amide bonds. The molecule has 0 radical (unpaired) electrons. The van der Waals surface area contributed by atoms with Crippen LogP contribution in [0.1, 0.15) is 11.1 Å². The number of nitrogen functional groups attached to an aromatic ring is 2. The molecule has 31 heavy (non-hydrogen) atoms. The summed E-state index contributed by atoms with van der Waals surface area (Å²) in [5, 5.41) is 1.10. The van der Waals surface area contributed by atoms with Crippen molar-refractivity contribution in [3.05, 3.63) is 41.6 Å². The molecule has 1 atom stereocenters. The van der Waals surface area contributed by atoms with Crippen molar-refractivity contribution in [3.63, 3.8) is 0 Å². The quantitative estimate of drug-likeness (QED) is 0.542. The van der Waals surface area contributed by atoms with Gasteiger partial charge in [-0.15, -0.1) is 0 Å². The molecule has 0 bridgehead atoms. The van der Waals surface area contributed by atoms with Gasteiger partial charge in [-0.05, 0) is 11.6 Å². The number of fused-ring (bicyclic) bond motifs is 2. The van der Waals surface area contributed by atoms with E-state index in [2.05, 4.69) is 20.9 Å². The maximum atomic E-state index is 11.5. The summed E-state index contributed by atoms with van der Waals surface area (Å²) in [6.45, 7) is 3.23. The Balaban J connectivity index is 1.42. The average Bonchev–Trinajstić information content (AvgIpc) is 3.16. The van der Waals surface area contributed by atoms with Crippen LogP contribution >= 0.6 is 0 Å². The SMILES string of the molecule is NC(=O)Cn1cc(CN2CCOCC3(Cc4c(N)nc(N)nc4O3)C2)c2ccccc21. The van der Waals surface area contributed by atoms with E-state index in [9.17, 15) is 4.79 Å². The smallest absolute Gasteiger partial charge is 0.237 e. The predicted molar refractivity (Wildman–Crippen MR) is 115 cm³/mol. The van der Waals surface area contributed by atoms with Crippen LogP contribution in [-0.4, -0.2) is 57.2 Å². The minimum absolute atomic E-state index is 0.0990. The first-order valence-corrected chi connectivity index (χ1v) is 10.2. The second-order valence-electron chi connectivity index (χ2n) is 8.24. The summed E-state index contributed by atoms with van der Waals surface area (Å²) in [6.07, 6.45) is 2.57. The van der Waals surface area contributed by atoms with Gasteiger partial charge in [-0.2, -0.15) is 9.97 Å². The largest absolute Gasteiger partial charge is 0.466 e. The number of hydrogen-bond acceptors (Lipinski definition) is 8. The third-order valence-electron chi connectivity index (χ3n) is 5.85. The van der Waals surface area contributed by atoms with Gasteiger partial charge in [-0.25, -0.2) is 0 Å². The fourth-order valence-corrected chi connectivity index (χ4v) is 4.59. The molecule has 1 aromatic carbocycles. The first-order chi connectivity index (χ1) is 14.9. The van der Waals surface area contributed by atoms with Crippen LogP contribution < -0.4 is 21.9 Å². The fourth-order valence-electron chi connectivity index (χ4n) is 4.59. The highest BCUT2D eigenvalue weighted by Gasteiger charge is 2.44. The van der Waals surface area contributed by atoms with Crippen molar-refractivity contribution in [2.45, 2.75) is 25.1 Å². The first-order valence-electron chi connectivity index (χ1n) is 10.2. The molecule has 162 valence electrons. The predicted octanol–water partition coefficient (Wildman–Crippen LogP) is 0.287. The Hall–Kier alpha value is -3.37. The number of para-hydroxylation sites is 1. The standard InChI is InChI=1S/C21H25N7O3/c22-17(29)10-28-9-13(14-3-1-2-4-16(14)28)8-27-5-6-30-12-21(11-27)7-15-18(23)25-20(24)26-19(15)31-21/h1-4,9H,5-8,10-12H2,(H2,22,29)(H4,23,24,25,26). The van der Waals surface area contributed by atoms with Crippen LogP contribution in [0, 0.1) is 0 Å². The van der Waals surface area contributed by atoms with Crippen LogP contribution in [0.4, 0.5) is 11.8 Å². The third-order valence-corrected chi connectivity index (χ3v) is 5.85. The van der Waals surface area contributed by atoms with Crippen LogP contribution in [0.5, 0.6) is 5.88 Å². The highest BCUT2D eigenvalue weighted by molar-refractivity contribution is 5.85. The van der Waals surface area contributed by atoms with Crippen molar-refractivity contribution in [2.24, 2.45) is 5.73 Å². The topological polar surface area (TPSA) is 148 Å². The van der Waals surface area contributed by atoms with E-state index in [1.807, 2.05) is 29.0 Å². The Morgan fingerprint density at radius 3 is 2.90 bits per heavy atom. The Kier molecular flexibility index (Phi) is 4.67. The number of rotatable bonds is 4. The molecule has 6 N–H and O–H groups in total. The second kappa shape index (κ2) is 7.40. The summed E-state index contributed by atoms with van der Waals surface area (Å²) in [4.78, 5) is 22.1. The molecule has 5 rings (SSSR count). The van der Waals surface area contributed by atoms with Crippen molar-refractivity contribution in [1.29, 1.82) is 0 Å². The normalized spacial score (nSPS) is 21.2. The number of hydrogen-bond donors (Lipinski definition) is 3. The van der Waals surface area contributed by atoms with E-state index in [0.29, 0.717) is 44.4 Å². The molecular weight excluding hydrogens is 398 g/mol. The second-order valence-corrected chi connectivity index (χ2v) is 8.24. The van der Waals surface area contributed by atoms with Gasteiger partial charge in [0.25, 0.3) is 0 Å². The van der Waals surface area contributed by atoms with Gasteiger partial charge in [0.1, 0.15) is 12.4 Å². The lowest BCUT2D eigenvalue weighted by atomic mass is 9.97. The molecule has 2 aromatic heterocycles. The highest BCUT2D eigenvalue weighted by Crippen LogP contribution is 2.38. The van der Waals surface area contributed by atoms with Crippen molar-refractivity contribution < 1.29 is 14.3 Å². The van der Waals surface area contributed by atoms with Crippen molar-refractivity contribution in [2.75, 3.05) is 37.8 Å². The van der Waals surface area contributed by atoms with Gasteiger partial charge >= 0.3 is 0 Å². The number of nitrogens with zero attached hydrogens (tertiary/aromatic N) is 4. The van der Waals surface area contributed by atoms with Crippen molar-refractivity contribution >= 4 is 28.6 Å². The fraction of sp³-hybridized carbons (Fsp3) is 0.381. The molecule has 10 heteroatoms. The summed E-state index contributed by atoms with van der Waals surface area (Å²) >= 11 is 0. The number of aromatic nitrogens is 3. The molecule has 1 unspecified atom stereocenters. The Morgan fingerprint density at radius 2 is 2.06 bits per heavy atom. The zero-order chi connectivity index (χ0) is 21.6. The average molecular weight is 423 g/mol. The van der Waals surface area contributed by atoms with Gasteiger partial charge in [0.15, 0.2) is 5.60 Å². The molecule has 1 saturated heterocycles. The number of carbonyl (C=O) groups is 1. The molecule has 0 aliphatic carbocycles. The minimum atomic E-state index is -0.596. The number of anilines is 2. The van der Waals surface area contributed by atoms with Gasteiger partial charge < -0.3 is 31.2 Å². The molecule has 4 heterocycles. The van der Waals surface area contributed by atoms with Crippen LogP contribution in [-0.2, 0) is 29.0 Å². The lowest BCUT2D eigenvalue weighted by Gasteiger charge is -2.30. The zero-order valence-electron chi connectivity index (χ0n) is 17.1. The summed E-state index contributed by atoms with van der Waals surface area (Å²) in [5.41, 5.74) is 19.5. The van der Waals surface area contributed by atoms with E-state index >= 15 is 0 Å². The van der Waals surface area contributed by atoms with E-state index in [1.54, 1.807) is 0 Å². The molecule has 0 saturated carbocycles. The number of benzene rings is 1. The van der Waals surface area contributed by atoms with Crippen molar-refractivity contribution in [1.82, 2.24) is 19.4 Å². The van der Waals surface area contributed by atoms with E-state index in [-0.39, 0.29) is 18.4 Å². The highest BCUT2D eigenvalue weighted by atomic mass is 16.6. The Bertz CT molecular complexity index is 1160. The van der Waals surface area contributed by atoms with Gasteiger partial charge in [0.2, 0.25) is 17.7 Å². The van der Waals surface area contributed by atoms with E-state index in [0.717, 1.165) is 28.6 Å². The minimum Gasteiger partial charge on any atom is -0.466 e. The zero-order valence-corrected chi connectivity index (χ0v) is 17.1. The van der Waals surface area contributed by atoms with E-state index in [4.69, 9.17) is 26.7 Å². The number of carbonyl (C=O) groups excluding carboxylic acids is 1. The lowest BCUT2D eigenvalue weighted by molar-refractivity contribution is -0.118. The van der Waals surface area contributed by atoms with Crippen LogP contribution in [0.15, 0.2) is 30.5 Å².